The van der Waals surface area contributed by atoms with E-state index in [9.17, 15) is 9.90 Å². The van der Waals surface area contributed by atoms with E-state index in [1.54, 1.807) is 19.2 Å². The molecule has 124 valence electrons. The van der Waals surface area contributed by atoms with Crippen LogP contribution in [0.1, 0.15) is 35.9 Å². The van der Waals surface area contributed by atoms with Crippen LogP contribution >= 0.6 is 0 Å². The number of carbonyl (C=O) groups is 1. The number of hydrogen-bond donors (Lipinski definition) is 1. The second-order valence-corrected chi connectivity index (χ2v) is 5.06. The van der Waals surface area contributed by atoms with Crippen molar-refractivity contribution in [2.24, 2.45) is 0 Å². The molecule has 1 atom stereocenters. The maximum absolute atomic E-state index is 12.1. The van der Waals surface area contributed by atoms with E-state index in [4.69, 9.17) is 0 Å². The van der Waals surface area contributed by atoms with Gasteiger partial charge in [0.15, 0.2) is 0 Å². The van der Waals surface area contributed by atoms with Gasteiger partial charge in [-0.3, -0.25) is 4.79 Å². The molecule has 2 aromatic carbocycles. The molecule has 0 radical (unpaired) electrons. The van der Waals surface area contributed by atoms with E-state index >= 15 is 0 Å². The summed E-state index contributed by atoms with van der Waals surface area (Å²) in [5.74, 6) is -0.0874. The first-order valence-corrected chi connectivity index (χ1v) is 7.37. The van der Waals surface area contributed by atoms with E-state index in [0.29, 0.717) is 5.56 Å². The molecule has 0 spiro atoms. The number of likely N-dealkylation sites (N-methyl/N-ethyl adjacent to an activating group) is 1. The summed E-state index contributed by atoms with van der Waals surface area (Å²) in [6, 6.07) is 18.4. The van der Waals surface area contributed by atoms with Crippen molar-refractivity contribution >= 4 is 5.91 Å². The monoisotopic (exact) mass is 482 g/mol. The molecule has 2 aromatic rings. The summed E-state index contributed by atoms with van der Waals surface area (Å²) in [6.07, 6.45) is 1.33. The Morgan fingerprint density at radius 2 is 1.48 bits per heavy atom. The molecule has 0 aliphatic rings. The Morgan fingerprint density at radius 1 is 1.04 bits per heavy atom. The van der Waals surface area contributed by atoms with E-state index in [1.165, 1.54) is 4.90 Å². The molecule has 4 heteroatoms. The Labute approximate surface area is 153 Å². The van der Waals surface area contributed by atoms with Crippen molar-refractivity contribution in [2.45, 2.75) is 20.0 Å². The Balaban J connectivity index is 0.00000112. The van der Waals surface area contributed by atoms with Crippen LogP contribution in [-0.4, -0.2) is 29.5 Å². The number of aliphatic hydroxyl groups is 1. The van der Waals surface area contributed by atoms with E-state index < -0.39 is 6.10 Å². The van der Waals surface area contributed by atoms with Crippen molar-refractivity contribution in [1.82, 2.24) is 4.90 Å². The van der Waals surface area contributed by atoms with Gasteiger partial charge in [-0.1, -0.05) is 48.5 Å². The number of amides is 1. The van der Waals surface area contributed by atoms with Crippen LogP contribution in [0.4, 0.5) is 0 Å². The van der Waals surface area contributed by atoms with Gasteiger partial charge in [0.25, 0.3) is 5.91 Å². The zero-order valence-corrected chi connectivity index (χ0v) is 16.8. The molecular weight excluding hydrogens is 458 g/mol. The Morgan fingerprint density at radius 3 is 1.96 bits per heavy atom. The molecule has 23 heavy (non-hydrogen) atoms. The van der Waals surface area contributed by atoms with Gasteiger partial charge in [0, 0.05) is 33.7 Å². The predicted octanol–water partition coefficient (Wildman–Crippen LogP) is 3.72. The minimum atomic E-state index is -0.668. The molecule has 1 unspecified atom stereocenters. The summed E-state index contributed by atoms with van der Waals surface area (Å²) in [5, 5.41) is 10.1. The zero-order chi connectivity index (χ0) is 16.4. The second kappa shape index (κ2) is 12.0. The minimum absolute atomic E-state index is 0. The number of benzene rings is 2. The van der Waals surface area contributed by atoms with Crippen LogP contribution in [0.15, 0.2) is 60.7 Å². The van der Waals surface area contributed by atoms with Crippen LogP contribution in [0.3, 0.4) is 0 Å². The standard InChI is InChI=1S/C16H17NO2.C3H7.W/c1-17(16(19)14-10-6-3-7-11-14)12-15(18)13-8-4-2-5-9-13;1-3-2;/h2-11,15,18H,12H2,1H3;3H,1-2H3;/q;-1;. The van der Waals surface area contributed by atoms with Gasteiger partial charge in [-0.2, -0.15) is 13.8 Å². The van der Waals surface area contributed by atoms with Gasteiger partial charge in [-0.25, -0.2) is 0 Å². The SMILES string of the molecule is CN(CC(O)c1ccccc1)C(=O)c1ccccc1.C[CH-]C.[W]. The summed E-state index contributed by atoms with van der Waals surface area (Å²) in [5.41, 5.74) is 1.44. The Kier molecular flexibility index (Phi) is 11.3. The first-order valence-electron chi connectivity index (χ1n) is 7.37. The molecule has 2 rings (SSSR count). The third kappa shape index (κ3) is 7.58. The fourth-order valence-corrected chi connectivity index (χ4v) is 1.92. The van der Waals surface area contributed by atoms with Crippen molar-refractivity contribution in [3.05, 3.63) is 78.2 Å². The first-order chi connectivity index (χ1) is 10.6. The molecule has 0 aliphatic heterocycles. The maximum Gasteiger partial charge on any atom is 0.253 e. The molecule has 0 saturated heterocycles. The summed E-state index contributed by atoms with van der Waals surface area (Å²) < 4.78 is 0. The number of hydrogen-bond acceptors (Lipinski definition) is 2. The molecular formula is C19H24NO2W-. The summed E-state index contributed by atoms with van der Waals surface area (Å²) >= 11 is 0. The molecule has 0 saturated carbocycles. The van der Waals surface area contributed by atoms with Crippen molar-refractivity contribution in [3.63, 3.8) is 0 Å². The van der Waals surface area contributed by atoms with Gasteiger partial charge in [-0.05, 0) is 17.7 Å². The number of nitrogens with zero attached hydrogens (tertiary/aromatic N) is 1. The van der Waals surface area contributed by atoms with E-state index in [1.807, 2.05) is 68.8 Å². The average Bonchev–Trinajstić information content (AvgIpc) is 2.56. The average molecular weight is 482 g/mol. The van der Waals surface area contributed by atoms with Crippen LogP contribution in [-0.2, 0) is 21.1 Å². The third-order valence-electron chi connectivity index (χ3n) is 3.00. The molecule has 1 N–H and O–H groups in total. The third-order valence-corrected chi connectivity index (χ3v) is 3.00. The van der Waals surface area contributed by atoms with Crippen LogP contribution in [0.25, 0.3) is 0 Å². The van der Waals surface area contributed by atoms with Crippen LogP contribution in [0.2, 0.25) is 0 Å². The van der Waals surface area contributed by atoms with Gasteiger partial charge in [0.1, 0.15) is 0 Å². The summed E-state index contributed by atoms with van der Waals surface area (Å²) in [6.45, 7) is 4.28. The van der Waals surface area contributed by atoms with E-state index in [-0.39, 0.29) is 33.5 Å². The Hall–Kier alpha value is -1.44. The Bertz CT molecular complexity index is 546. The second-order valence-electron chi connectivity index (χ2n) is 5.06. The van der Waals surface area contributed by atoms with Crippen LogP contribution in [0.5, 0.6) is 0 Å². The summed E-state index contributed by atoms with van der Waals surface area (Å²) in [4.78, 5) is 13.7. The smallest absolute Gasteiger partial charge is 0.253 e. The van der Waals surface area contributed by atoms with Gasteiger partial charge in [0.05, 0.1) is 12.6 Å². The van der Waals surface area contributed by atoms with E-state index in [0.717, 1.165) is 5.56 Å². The molecule has 0 fully saturated rings. The zero-order valence-electron chi connectivity index (χ0n) is 13.8. The summed E-state index contributed by atoms with van der Waals surface area (Å²) in [7, 11) is 1.70. The number of aliphatic hydroxyl groups excluding tert-OH is 1. The maximum atomic E-state index is 12.1. The van der Waals surface area contributed by atoms with Gasteiger partial charge in [-0.15, -0.1) is 0 Å². The van der Waals surface area contributed by atoms with Crippen molar-refractivity contribution in [1.29, 1.82) is 0 Å². The first kappa shape index (κ1) is 21.6. The minimum Gasteiger partial charge on any atom is -0.387 e. The van der Waals surface area contributed by atoms with Gasteiger partial charge in [0.2, 0.25) is 0 Å². The molecule has 3 nitrogen and oxygen atoms in total. The van der Waals surface area contributed by atoms with Crippen LogP contribution in [0, 0.1) is 6.42 Å². The van der Waals surface area contributed by atoms with Crippen molar-refractivity contribution in [2.75, 3.05) is 13.6 Å². The molecule has 0 bridgehead atoms. The quantitative estimate of drug-likeness (QED) is 0.676. The largest absolute Gasteiger partial charge is 0.387 e. The van der Waals surface area contributed by atoms with Gasteiger partial charge >= 0.3 is 0 Å². The topological polar surface area (TPSA) is 40.5 Å². The van der Waals surface area contributed by atoms with E-state index in [2.05, 4.69) is 0 Å². The molecule has 0 aliphatic carbocycles. The molecule has 0 aromatic heterocycles. The number of carbonyl (C=O) groups excluding carboxylic acids is 1. The van der Waals surface area contributed by atoms with Gasteiger partial charge < -0.3 is 16.4 Å². The number of rotatable bonds is 4. The van der Waals surface area contributed by atoms with Crippen molar-refractivity contribution < 1.29 is 31.0 Å². The normalized spacial score (nSPS) is 10.6. The fraction of sp³-hybridized carbons (Fsp3) is 0.263. The molecule has 0 heterocycles. The molecule has 1 amide bonds. The fourth-order valence-electron chi connectivity index (χ4n) is 1.92. The predicted molar refractivity (Wildman–Crippen MR) is 90.5 cm³/mol. The van der Waals surface area contributed by atoms with Crippen LogP contribution < -0.4 is 0 Å². The van der Waals surface area contributed by atoms with Crippen molar-refractivity contribution in [3.8, 4) is 0 Å².